The topological polar surface area (TPSA) is 56.1 Å². The van der Waals surface area contributed by atoms with Crippen molar-refractivity contribution >= 4 is 28.6 Å². The molecule has 158 valence electrons. The second-order valence-corrected chi connectivity index (χ2v) is 8.85. The Balaban J connectivity index is 1.73. The Morgan fingerprint density at radius 2 is 2.06 bits per heavy atom. The zero-order valence-corrected chi connectivity index (χ0v) is 19.1. The maximum Gasteiger partial charge on any atom is 0.253 e. The highest BCUT2D eigenvalue weighted by Crippen LogP contribution is 2.33. The maximum absolute atomic E-state index is 12.7. The van der Waals surface area contributed by atoms with Crippen LogP contribution in [0.5, 0.6) is 5.75 Å². The van der Waals surface area contributed by atoms with E-state index in [1.807, 2.05) is 48.7 Å². The molecule has 5 nitrogen and oxygen atoms in total. The van der Waals surface area contributed by atoms with Crippen LogP contribution in [0.15, 0.2) is 65.9 Å². The molecule has 3 heterocycles. The summed E-state index contributed by atoms with van der Waals surface area (Å²) >= 11 is 3.29. The SMILES string of the molecule is C=CCNC(=O)c1cc(-c2csc(-c3ccc(OC)cc3)n2)n(Cc2cccs2)c1C. The number of hydrogen-bond donors (Lipinski definition) is 1. The van der Waals surface area contributed by atoms with Gasteiger partial charge in [0, 0.05) is 28.1 Å². The van der Waals surface area contributed by atoms with Crippen molar-refractivity contribution in [3.8, 4) is 27.7 Å². The third-order valence-electron chi connectivity index (χ3n) is 5.02. The molecule has 4 aromatic rings. The molecule has 0 bridgehead atoms. The fourth-order valence-corrected chi connectivity index (χ4v) is 4.88. The number of rotatable bonds is 8. The predicted octanol–water partition coefficient (Wildman–Crippen LogP) is 5.62. The normalized spacial score (nSPS) is 10.8. The van der Waals surface area contributed by atoms with Gasteiger partial charge in [-0.05, 0) is 48.7 Å². The van der Waals surface area contributed by atoms with Crippen LogP contribution in [0.4, 0.5) is 0 Å². The van der Waals surface area contributed by atoms with Gasteiger partial charge >= 0.3 is 0 Å². The zero-order valence-electron chi connectivity index (χ0n) is 17.4. The summed E-state index contributed by atoms with van der Waals surface area (Å²) < 4.78 is 7.42. The third-order valence-corrected chi connectivity index (χ3v) is 6.77. The van der Waals surface area contributed by atoms with Crippen molar-refractivity contribution in [1.29, 1.82) is 0 Å². The maximum atomic E-state index is 12.7. The monoisotopic (exact) mass is 449 g/mol. The van der Waals surface area contributed by atoms with Crippen molar-refractivity contribution in [3.05, 3.63) is 82.0 Å². The van der Waals surface area contributed by atoms with E-state index >= 15 is 0 Å². The van der Waals surface area contributed by atoms with Gasteiger partial charge in [0.15, 0.2) is 0 Å². The molecule has 0 atom stereocenters. The van der Waals surface area contributed by atoms with Gasteiger partial charge in [0.05, 0.1) is 30.6 Å². The number of amides is 1. The number of carbonyl (C=O) groups excluding carboxylic acids is 1. The van der Waals surface area contributed by atoms with Crippen LogP contribution in [0.25, 0.3) is 22.0 Å². The summed E-state index contributed by atoms with van der Waals surface area (Å²) in [7, 11) is 1.66. The van der Waals surface area contributed by atoms with Gasteiger partial charge in [-0.1, -0.05) is 12.1 Å². The van der Waals surface area contributed by atoms with Crippen LogP contribution in [-0.4, -0.2) is 29.1 Å². The van der Waals surface area contributed by atoms with Gasteiger partial charge in [-0.15, -0.1) is 29.3 Å². The Bertz CT molecular complexity index is 1190. The lowest BCUT2D eigenvalue weighted by Gasteiger charge is -2.10. The molecule has 1 N–H and O–H groups in total. The van der Waals surface area contributed by atoms with Crippen LogP contribution in [0.3, 0.4) is 0 Å². The summed E-state index contributed by atoms with van der Waals surface area (Å²) in [5, 5.41) is 7.92. The molecule has 3 aromatic heterocycles. The van der Waals surface area contributed by atoms with E-state index in [2.05, 4.69) is 27.9 Å². The van der Waals surface area contributed by atoms with Crippen molar-refractivity contribution in [2.75, 3.05) is 13.7 Å². The highest BCUT2D eigenvalue weighted by Gasteiger charge is 2.20. The first-order valence-corrected chi connectivity index (χ1v) is 11.6. The number of thiazole rings is 1. The van der Waals surface area contributed by atoms with Crippen molar-refractivity contribution in [1.82, 2.24) is 14.9 Å². The van der Waals surface area contributed by atoms with Crippen LogP contribution in [0.1, 0.15) is 20.9 Å². The lowest BCUT2D eigenvalue weighted by molar-refractivity contribution is 0.0957. The number of benzene rings is 1. The van der Waals surface area contributed by atoms with Gasteiger partial charge in [0.1, 0.15) is 10.8 Å². The number of hydrogen-bond acceptors (Lipinski definition) is 5. The molecular formula is C24H23N3O2S2. The predicted molar refractivity (Wildman–Crippen MR) is 128 cm³/mol. The fourth-order valence-electron chi connectivity index (χ4n) is 3.37. The van der Waals surface area contributed by atoms with E-state index < -0.39 is 0 Å². The molecule has 1 amide bonds. The van der Waals surface area contributed by atoms with Crippen LogP contribution in [-0.2, 0) is 6.54 Å². The summed E-state index contributed by atoms with van der Waals surface area (Å²) in [6, 6.07) is 14.0. The van der Waals surface area contributed by atoms with E-state index in [4.69, 9.17) is 9.72 Å². The van der Waals surface area contributed by atoms with E-state index in [-0.39, 0.29) is 5.91 Å². The molecule has 0 aliphatic carbocycles. The molecule has 0 spiro atoms. The Labute approximate surface area is 189 Å². The van der Waals surface area contributed by atoms with Crippen LogP contribution in [0, 0.1) is 6.92 Å². The molecular weight excluding hydrogens is 426 g/mol. The first kappa shape index (κ1) is 21.1. The summed E-state index contributed by atoms with van der Waals surface area (Å²) in [4.78, 5) is 18.8. The van der Waals surface area contributed by atoms with E-state index in [1.54, 1.807) is 35.9 Å². The Morgan fingerprint density at radius 3 is 2.74 bits per heavy atom. The molecule has 0 aliphatic rings. The van der Waals surface area contributed by atoms with Gasteiger partial charge in [0.2, 0.25) is 0 Å². The van der Waals surface area contributed by atoms with Crippen LogP contribution >= 0.6 is 22.7 Å². The number of ether oxygens (including phenoxy) is 1. The average Bonchev–Trinajstić information content (AvgIpc) is 3.54. The molecule has 0 radical (unpaired) electrons. The average molecular weight is 450 g/mol. The second kappa shape index (κ2) is 9.32. The molecule has 0 saturated carbocycles. The molecule has 0 unspecified atom stereocenters. The fraction of sp³-hybridized carbons (Fsp3) is 0.167. The van der Waals surface area contributed by atoms with Crippen molar-refractivity contribution in [3.63, 3.8) is 0 Å². The smallest absolute Gasteiger partial charge is 0.253 e. The quantitative estimate of drug-likeness (QED) is 0.355. The molecule has 0 saturated heterocycles. The molecule has 0 aliphatic heterocycles. The van der Waals surface area contributed by atoms with Gasteiger partial charge < -0.3 is 14.6 Å². The number of thiophene rings is 1. The zero-order chi connectivity index (χ0) is 21.8. The Hall–Kier alpha value is -3.16. The van der Waals surface area contributed by atoms with Crippen molar-refractivity contribution in [2.45, 2.75) is 13.5 Å². The number of carbonyl (C=O) groups is 1. The summed E-state index contributed by atoms with van der Waals surface area (Å²) in [5.74, 6) is 0.713. The van der Waals surface area contributed by atoms with E-state index in [0.717, 1.165) is 33.4 Å². The molecule has 4 rings (SSSR count). The van der Waals surface area contributed by atoms with Crippen molar-refractivity contribution in [2.24, 2.45) is 0 Å². The summed E-state index contributed by atoms with van der Waals surface area (Å²) in [6.45, 7) is 6.79. The van der Waals surface area contributed by atoms with Crippen LogP contribution < -0.4 is 10.1 Å². The minimum atomic E-state index is -0.103. The Kier molecular flexibility index (Phi) is 6.34. The second-order valence-electron chi connectivity index (χ2n) is 6.96. The van der Waals surface area contributed by atoms with Crippen molar-refractivity contribution < 1.29 is 9.53 Å². The first-order valence-electron chi connectivity index (χ1n) is 9.82. The lowest BCUT2D eigenvalue weighted by Crippen LogP contribution is -2.23. The highest BCUT2D eigenvalue weighted by molar-refractivity contribution is 7.13. The molecule has 0 fully saturated rings. The standard InChI is InChI=1S/C24H23N3O2S2/c1-4-11-25-23(28)20-13-22(27(16(20)2)14-19-6-5-12-30-19)21-15-31-24(26-21)17-7-9-18(29-3)10-8-17/h4-10,12-13,15H,1,11,14H2,2-3H3,(H,25,28). The van der Waals surface area contributed by atoms with Gasteiger partial charge in [-0.3, -0.25) is 4.79 Å². The van der Waals surface area contributed by atoms with E-state index in [9.17, 15) is 4.79 Å². The number of nitrogens with one attached hydrogen (secondary N) is 1. The molecule has 7 heteroatoms. The van der Waals surface area contributed by atoms with Crippen LogP contribution in [0.2, 0.25) is 0 Å². The third kappa shape index (κ3) is 4.47. The first-order chi connectivity index (χ1) is 15.1. The molecule has 31 heavy (non-hydrogen) atoms. The Morgan fingerprint density at radius 1 is 1.26 bits per heavy atom. The lowest BCUT2D eigenvalue weighted by atomic mass is 10.2. The van der Waals surface area contributed by atoms with Gasteiger partial charge in [-0.25, -0.2) is 4.98 Å². The van der Waals surface area contributed by atoms with E-state index in [1.165, 1.54) is 4.88 Å². The highest BCUT2D eigenvalue weighted by atomic mass is 32.1. The molecule has 1 aromatic carbocycles. The largest absolute Gasteiger partial charge is 0.497 e. The summed E-state index contributed by atoms with van der Waals surface area (Å²) in [5.41, 5.74) is 4.41. The minimum Gasteiger partial charge on any atom is -0.497 e. The summed E-state index contributed by atoms with van der Waals surface area (Å²) in [6.07, 6.45) is 1.68. The number of nitrogens with zero attached hydrogens (tertiary/aromatic N) is 2. The van der Waals surface area contributed by atoms with Gasteiger partial charge in [0.25, 0.3) is 5.91 Å². The van der Waals surface area contributed by atoms with Gasteiger partial charge in [-0.2, -0.15) is 0 Å². The minimum absolute atomic E-state index is 0.103. The van der Waals surface area contributed by atoms with E-state index in [0.29, 0.717) is 18.7 Å². The number of aromatic nitrogens is 2. The number of methoxy groups -OCH3 is 1.